The Hall–Kier alpha value is -1.75. The van der Waals surface area contributed by atoms with Crippen LogP contribution in [0.5, 0.6) is 0 Å². The van der Waals surface area contributed by atoms with E-state index in [0.29, 0.717) is 0 Å². The Morgan fingerprint density at radius 3 is 2.93 bits per heavy atom. The number of fused-ring (bicyclic) bond motifs is 1. The van der Waals surface area contributed by atoms with E-state index in [4.69, 9.17) is 0 Å². The molecule has 0 saturated carbocycles. The second-order valence-electron chi connectivity index (χ2n) is 3.21. The smallest absolute Gasteiger partial charge is 0.215 e. The van der Waals surface area contributed by atoms with Crippen molar-refractivity contribution in [2.24, 2.45) is 0 Å². The van der Waals surface area contributed by atoms with Crippen molar-refractivity contribution in [2.45, 2.75) is 6.92 Å². The number of rotatable bonds is 1. The number of nitrogens with zero attached hydrogens (tertiary/aromatic N) is 4. The Morgan fingerprint density at radius 2 is 2.13 bits per heavy atom. The van der Waals surface area contributed by atoms with Gasteiger partial charge in [0.05, 0.1) is 11.0 Å². The van der Waals surface area contributed by atoms with Crippen molar-refractivity contribution in [3.05, 3.63) is 36.4 Å². The van der Waals surface area contributed by atoms with Crippen LogP contribution in [-0.2, 0) is 0 Å². The monoisotopic (exact) mass is 216 g/mol. The number of hydrogen-bond donors (Lipinski definition) is 0. The van der Waals surface area contributed by atoms with Gasteiger partial charge in [-0.3, -0.25) is 4.57 Å². The first-order valence-corrected chi connectivity index (χ1v) is 5.35. The lowest BCUT2D eigenvalue weighted by Crippen LogP contribution is -1.95. The summed E-state index contributed by atoms with van der Waals surface area (Å²) in [7, 11) is 0. The highest BCUT2D eigenvalue weighted by molar-refractivity contribution is 7.08. The van der Waals surface area contributed by atoms with E-state index in [1.165, 1.54) is 11.5 Å². The lowest BCUT2D eigenvalue weighted by Gasteiger charge is -1.99. The van der Waals surface area contributed by atoms with Crippen LogP contribution in [0, 0.1) is 6.92 Å². The molecule has 0 amide bonds. The molecule has 0 fully saturated rings. The van der Waals surface area contributed by atoms with Gasteiger partial charge < -0.3 is 0 Å². The summed E-state index contributed by atoms with van der Waals surface area (Å²) in [6.45, 7) is 1.97. The average molecular weight is 216 g/mol. The van der Waals surface area contributed by atoms with Gasteiger partial charge >= 0.3 is 0 Å². The first kappa shape index (κ1) is 8.55. The van der Waals surface area contributed by atoms with E-state index in [1.54, 1.807) is 6.33 Å². The summed E-state index contributed by atoms with van der Waals surface area (Å²) in [5.74, 6) is 0.938. The number of aromatic nitrogens is 4. The van der Waals surface area contributed by atoms with E-state index in [9.17, 15) is 0 Å². The Kier molecular flexibility index (Phi) is 1.78. The SMILES string of the molecule is Cc1nc2ccccc2n1-c1ncns1. The van der Waals surface area contributed by atoms with Gasteiger partial charge in [-0.1, -0.05) is 12.1 Å². The number of aryl methyl sites for hydroxylation is 1. The van der Waals surface area contributed by atoms with Crippen molar-refractivity contribution in [3.8, 4) is 5.13 Å². The highest BCUT2D eigenvalue weighted by Crippen LogP contribution is 2.20. The molecule has 3 aromatic rings. The highest BCUT2D eigenvalue weighted by Gasteiger charge is 2.10. The highest BCUT2D eigenvalue weighted by atomic mass is 32.1. The second-order valence-corrected chi connectivity index (χ2v) is 3.97. The standard InChI is InChI=1S/C10H8N4S/c1-7-13-8-4-2-3-5-9(8)14(7)10-11-6-12-15-10/h2-6H,1H3. The third-order valence-corrected chi connectivity index (χ3v) is 2.92. The van der Waals surface area contributed by atoms with Gasteiger partial charge in [-0.25, -0.2) is 9.97 Å². The van der Waals surface area contributed by atoms with E-state index in [1.807, 2.05) is 35.8 Å². The molecule has 0 atom stereocenters. The maximum atomic E-state index is 4.47. The maximum Gasteiger partial charge on any atom is 0.215 e. The zero-order chi connectivity index (χ0) is 10.3. The molecular formula is C10H8N4S. The third kappa shape index (κ3) is 1.24. The molecule has 3 rings (SSSR count). The molecule has 2 heterocycles. The molecule has 0 N–H and O–H groups in total. The number of para-hydroxylation sites is 2. The topological polar surface area (TPSA) is 43.6 Å². The Labute approximate surface area is 90.4 Å². The zero-order valence-electron chi connectivity index (χ0n) is 8.08. The largest absolute Gasteiger partial charge is 0.271 e. The van der Waals surface area contributed by atoms with E-state index < -0.39 is 0 Å². The molecule has 5 heteroatoms. The van der Waals surface area contributed by atoms with Crippen LogP contribution in [0.2, 0.25) is 0 Å². The van der Waals surface area contributed by atoms with Crippen LogP contribution < -0.4 is 0 Å². The van der Waals surface area contributed by atoms with Gasteiger partial charge in [0.2, 0.25) is 5.13 Å². The molecule has 0 bridgehead atoms. The van der Waals surface area contributed by atoms with E-state index >= 15 is 0 Å². The summed E-state index contributed by atoms with van der Waals surface area (Å²) in [4.78, 5) is 8.67. The lowest BCUT2D eigenvalue weighted by molar-refractivity contribution is 0.984. The van der Waals surface area contributed by atoms with Gasteiger partial charge in [0, 0.05) is 11.5 Å². The van der Waals surface area contributed by atoms with Crippen molar-refractivity contribution in [3.63, 3.8) is 0 Å². The summed E-state index contributed by atoms with van der Waals surface area (Å²) in [6.07, 6.45) is 1.56. The summed E-state index contributed by atoms with van der Waals surface area (Å²) in [5.41, 5.74) is 2.07. The van der Waals surface area contributed by atoms with Gasteiger partial charge in [-0.2, -0.15) is 4.37 Å². The van der Waals surface area contributed by atoms with Gasteiger partial charge in [0.15, 0.2) is 0 Å². The number of imidazole rings is 1. The normalized spacial score (nSPS) is 11.0. The molecule has 0 spiro atoms. The Morgan fingerprint density at radius 1 is 1.27 bits per heavy atom. The predicted molar refractivity (Wildman–Crippen MR) is 59.3 cm³/mol. The molecule has 74 valence electrons. The summed E-state index contributed by atoms with van der Waals surface area (Å²) >= 11 is 1.37. The molecule has 0 aliphatic heterocycles. The first-order valence-electron chi connectivity index (χ1n) is 4.57. The van der Waals surface area contributed by atoms with Gasteiger partial charge in [0.25, 0.3) is 0 Å². The molecule has 0 aliphatic carbocycles. The fraction of sp³-hybridized carbons (Fsp3) is 0.100. The minimum absolute atomic E-state index is 0.862. The van der Waals surface area contributed by atoms with Crippen LogP contribution in [0.15, 0.2) is 30.6 Å². The van der Waals surface area contributed by atoms with Crippen LogP contribution in [-0.4, -0.2) is 18.9 Å². The lowest BCUT2D eigenvalue weighted by atomic mass is 10.3. The van der Waals surface area contributed by atoms with E-state index in [-0.39, 0.29) is 0 Å². The number of hydrogen-bond acceptors (Lipinski definition) is 4. The van der Waals surface area contributed by atoms with Crippen LogP contribution in [0.25, 0.3) is 16.2 Å². The molecular weight excluding hydrogens is 208 g/mol. The fourth-order valence-corrected chi connectivity index (χ4v) is 2.25. The third-order valence-electron chi connectivity index (χ3n) is 2.27. The predicted octanol–water partition coefficient (Wildman–Crippen LogP) is 2.19. The van der Waals surface area contributed by atoms with E-state index in [2.05, 4.69) is 14.3 Å². The van der Waals surface area contributed by atoms with Crippen molar-refractivity contribution >= 4 is 22.6 Å². The van der Waals surface area contributed by atoms with E-state index in [0.717, 1.165) is 22.0 Å². The molecule has 0 saturated heterocycles. The Balaban J connectivity index is 2.39. The van der Waals surface area contributed by atoms with Crippen molar-refractivity contribution in [1.29, 1.82) is 0 Å². The van der Waals surface area contributed by atoms with Crippen LogP contribution in [0.1, 0.15) is 5.82 Å². The minimum Gasteiger partial charge on any atom is -0.271 e. The molecule has 1 aromatic carbocycles. The quantitative estimate of drug-likeness (QED) is 0.626. The maximum absolute atomic E-state index is 4.47. The van der Waals surface area contributed by atoms with Crippen molar-refractivity contribution < 1.29 is 0 Å². The average Bonchev–Trinajstić information content (AvgIpc) is 2.82. The van der Waals surface area contributed by atoms with Crippen LogP contribution >= 0.6 is 11.5 Å². The van der Waals surface area contributed by atoms with Crippen molar-refractivity contribution in [1.82, 2.24) is 18.9 Å². The number of benzene rings is 1. The fourth-order valence-electron chi connectivity index (χ4n) is 1.65. The minimum atomic E-state index is 0.862. The molecule has 2 aromatic heterocycles. The first-order chi connectivity index (χ1) is 7.36. The second kappa shape index (κ2) is 3.13. The van der Waals surface area contributed by atoms with Crippen LogP contribution in [0.4, 0.5) is 0 Å². The van der Waals surface area contributed by atoms with Crippen molar-refractivity contribution in [2.75, 3.05) is 0 Å². The van der Waals surface area contributed by atoms with Gasteiger partial charge in [0.1, 0.15) is 12.2 Å². The summed E-state index contributed by atoms with van der Waals surface area (Å²) < 4.78 is 6.03. The molecule has 0 aliphatic rings. The summed E-state index contributed by atoms with van der Waals surface area (Å²) in [6, 6.07) is 8.02. The zero-order valence-corrected chi connectivity index (χ0v) is 8.90. The molecule has 4 nitrogen and oxygen atoms in total. The Bertz CT molecular complexity index is 597. The van der Waals surface area contributed by atoms with Crippen LogP contribution in [0.3, 0.4) is 0 Å². The molecule has 0 unspecified atom stereocenters. The summed E-state index contributed by atoms with van der Waals surface area (Å²) in [5, 5.41) is 0.862. The molecule has 0 radical (unpaired) electrons. The van der Waals surface area contributed by atoms with Gasteiger partial charge in [-0.15, -0.1) is 0 Å². The molecule has 15 heavy (non-hydrogen) atoms. The van der Waals surface area contributed by atoms with Gasteiger partial charge in [-0.05, 0) is 19.1 Å².